The second kappa shape index (κ2) is 16.5. The Kier molecular flexibility index (Phi) is 14.5. The Labute approximate surface area is 251 Å². The maximum absolute atomic E-state index is 12.5. The molecule has 7 heteroatoms. The number of aryl methyl sites for hydroxylation is 2. The second-order valence-electron chi connectivity index (χ2n) is 11.4. The number of hydrogen-bond donors (Lipinski definition) is 0. The van der Waals surface area contributed by atoms with Crippen molar-refractivity contribution in [1.82, 2.24) is 0 Å². The highest BCUT2D eigenvalue weighted by atomic mass is 79.9. The van der Waals surface area contributed by atoms with Crippen molar-refractivity contribution in [1.29, 1.82) is 0 Å². The molecular weight excluding hydrogens is 594 g/mol. The van der Waals surface area contributed by atoms with Gasteiger partial charge in [-0.25, -0.2) is 8.42 Å². The zero-order chi connectivity index (χ0) is 26.7. The van der Waals surface area contributed by atoms with Crippen LogP contribution in [0.1, 0.15) is 69.4 Å². The minimum Gasteiger partial charge on any atom is -1.00 e. The summed E-state index contributed by atoms with van der Waals surface area (Å²) in [6.07, 6.45) is 12.5. The van der Waals surface area contributed by atoms with Crippen LogP contribution in [0.3, 0.4) is 0 Å². The van der Waals surface area contributed by atoms with E-state index in [1.54, 1.807) is 23.5 Å². The van der Waals surface area contributed by atoms with Gasteiger partial charge in [0, 0.05) is 19.6 Å². The zero-order valence-electron chi connectivity index (χ0n) is 23.7. The summed E-state index contributed by atoms with van der Waals surface area (Å²) in [5, 5.41) is 0. The fraction of sp³-hybridized carbons (Fsp3) is 0.548. The highest BCUT2D eigenvalue weighted by Gasteiger charge is 2.29. The number of thioether (sulfide) groups is 2. The molecular formula is C31H46BrNO2S3. The van der Waals surface area contributed by atoms with Crippen LogP contribution in [0, 0.1) is 0 Å². The predicted octanol–water partition coefficient (Wildman–Crippen LogP) is 5.15. The van der Waals surface area contributed by atoms with E-state index in [-0.39, 0.29) is 28.5 Å². The second-order valence-corrected chi connectivity index (χ2v) is 15.8. The van der Waals surface area contributed by atoms with Gasteiger partial charge in [0.15, 0.2) is 9.84 Å². The average molecular weight is 641 g/mol. The summed E-state index contributed by atoms with van der Waals surface area (Å²) in [5.74, 6) is 0.312. The first kappa shape index (κ1) is 33.5. The number of unbranched alkanes of at least 4 members (excludes halogenated alkanes) is 6. The molecule has 0 amide bonds. The topological polar surface area (TPSA) is 34.1 Å². The van der Waals surface area contributed by atoms with E-state index in [4.69, 9.17) is 0 Å². The molecule has 38 heavy (non-hydrogen) atoms. The van der Waals surface area contributed by atoms with Gasteiger partial charge >= 0.3 is 0 Å². The third kappa shape index (κ3) is 12.6. The summed E-state index contributed by atoms with van der Waals surface area (Å²) in [5.41, 5.74) is 2.73. The van der Waals surface area contributed by atoms with Crippen molar-refractivity contribution in [2.75, 3.05) is 39.2 Å². The van der Waals surface area contributed by atoms with Crippen LogP contribution < -0.4 is 17.0 Å². The fourth-order valence-corrected chi connectivity index (χ4v) is 9.26. The van der Waals surface area contributed by atoms with Gasteiger partial charge in [0.1, 0.15) is 0 Å². The largest absolute Gasteiger partial charge is 1.00 e. The van der Waals surface area contributed by atoms with Gasteiger partial charge in [-0.1, -0.05) is 86.8 Å². The van der Waals surface area contributed by atoms with E-state index in [1.807, 2.05) is 0 Å². The van der Waals surface area contributed by atoms with Gasteiger partial charge in [0.2, 0.25) is 0 Å². The van der Waals surface area contributed by atoms with Crippen molar-refractivity contribution in [3.63, 3.8) is 0 Å². The smallest absolute Gasteiger partial charge is 0.159 e. The SMILES string of the molecule is CCCCCCCCc1ccc(SC2=C(Sc3ccc(CCCC[N+](C)(C)C)cc3)CS(=O)(=O)C2)cc1.[Br-]. The molecule has 0 unspecified atom stereocenters. The summed E-state index contributed by atoms with van der Waals surface area (Å²) in [6, 6.07) is 17.4. The maximum Gasteiger partial charge on any atom is 0.159 e. The molecule has 0 fully saturated rings. The lowest BCUT2D eigenvalue weighted by Crippen LogP contribution is -3.00. The van der Waals surface area contributed by atoms with E-state index < -0.39 is 9.84 Å². The van der Waals surface area contributed by atoms with E-state index in [1.165, 1.54) is 69.0 Å². The molecule has 1 heterocycles. The molecule has 0 aromatic heterocycles. The predicted molar refractivity (Wildman–Crippen MR) is 163 cm³/mol. The minimum absolute atomic E-state index is 0. The number of nitrogens with zero attached hydrogens (tertiary/aromatic N) is 1. The first-order valence-electron chi connectivity index (χ1n) is 13.9. The molecule has 0 atom stereocenters. The summed E-state index contributed by atoms with van der Waals surface area (Å²) < 4.78 is 26.0. The molecule has 2 aromatic rings. The molecule has 0 saturated heterocycles. The minimum atomic E-state index is -3.07. The van der Waals surface area contributed by atoms with Crippen LogP contribution in [0.4, 0.5) is 0 Å². The van der Waals surface area contributed by atoms with Gasteiger partial charge in [0.25, 0.3) is 0 Å². The summed E-state index contributed by atoms with van der Waals surface area (Å²) in [6.45, 7) is 3.45. The van der Waals surface area contributed by atoms with Crippen LogP contribution in [0.25, 0.3) is 0 Å². The van der Waals surface area contributed by atoms with Crippen molar-refractivity contribution in [2.45, 2.75) is 80.9 Å². The van der Waals surface area contributed by atoms with E-state index in [9.17, 15) is 8.42 Å². The molecule has 0 saturated carbocycles. The molecule has 3 rings (SSSR count). The third-order valence-corrected chi connectivity index (χ3v) is 10.9. The quantitative estimate of drug-likeness (QED) is 0.188. The molecule has 212 valence electrons. The average Bonchev–Trinajstić information content (AvgIpc) is 3.13. The number of rotatable bonds is 16. The highest BCUT2D eigenvalue weighted by molar-refractivity contribution is 8.09. The Morgan fingerprint density at radius 3 is 1.53 bits per heavy atom. The van der Waals surface area contributed by atoms with E-state index in [2.05, 4.69) is 76.6 Å². The third-order valence-electron chi connectivity index (χ3n) is 6.71. The molecule has 0 spiro atoms. The van der Waals surface area contributed by atoms with Crippen LogP contribution in [0.5, 0.6) is 0 Å². The van der Waals surface area contributed by atoms with E-state index >= 15 is 0 Å². The molecule has 3 nitrogen and oxygen atoms in total. The van der Waals surface area contributed by atoms with E-state index in [0.29, 0.717) is 0 Å². The molecule has 0 radical (unpaired) electrons. The molecule has 0 aliphatic carbocycles. The van der Waals surface area contributed by atoms with Crippen molar-refractivity contribution in [3.05, 3.63) is 69.5 Å². The Morgan fingerprint density at radius 2 is 1.08 bits per heavy atom. The number of sulfone groups is 1. The van der Waals surface area contributed by atoms with E-state index in [0.717, 1.165) is 36.9 Å². The van der Waals surface area contributed by atoms with Gasteiger partial charge in [-0.2, -0.15) is 0 Å². The van der Waals surface area contributed by atoms with Crippen molar-refractivity contribution in [2.24, 2.45) is 0 Å². The van der Waals surface area contributed by atoms with Crippen LogP contribution >= 0.6 is 23.5 Å². The summed E-state index contributed by atoms with van der Waals surface area (Å²) >= 11 is 3.24. The molecule has 0 bridgehead atoms. The molecule has 2 aromatic carbocycles. The van der Waals surface area contributed by atoms with Crippen molar-refractivity contribution < 1.29 is 29.9 Å². The number of halogens is 1. The molecule has 1 aliphatic rings. The Bertz CT molecular complexity index is 1110. The first-order valence-corrected chi connectivity index (χ1v) is 17.4. The zero-order valence-corrected chi connectivity index (χ0v) is 27.7. The lowest BCUT2D eigenvalue weighted by Gasteiger charge is -2.23. The van der Waals surface area contributed by atoms with Crippen LogP contribution in [-0.4, -0.2) is 52.1 Å². The van der Waals surface area contributed by atoms with Gasteiger partial charge in [-0.3, -0.25) is 0 Å². The standard InChI is InChI=1S/C31H46NO2S3.BrH/c1-5-6-7-8-9-10-13-26-15-19-28(20-16-26)35-30-24-37(33,34)25-31(30)36-29-21-17-27(18-22-29)14-11-12-23-32(2,3)4;/h15-22H,5-14,23-25H2,1-4H3;1H/q+1;/p-1. The molecule has 1 aliphatic heterocycles. The van der Waals surface area contributed by atoms with Gasteiger partial charge in [0.05, 0.1) is 39.2 Å². The number of quaternary nitrogens is 1. The van der Waals surface area contributed by atoms with Crippen LogP contribution in [0.2, 0.25) is 0 Å². The Balaban J connectivity index is 0.00000507. The summed E-state index contributed by atoms with van der Waals surface area (Å²) in [4.78, 5) is 4.21. The number of hydrogen-bond acceptors (Lipinski definition) is 4. The van der Waals surface area contributed by atoms with Crippen molar-refractivity contribution >= 4 is 33.4 Å². The lowest BCUT2D eigenvalue weighted by molar-refractivity contribution is -0.870. The van der Waals surface area contributed by atoms with Crippen LogP contribution in [0.15, 0.2) is 68.1 Å². The van der Waals surface area contributed by atoms with Crippen molar-refractivity contribution in [3.8, 4) is 0 Å². The Morgan fingerprint density at radius 1 is 0.658 bits per heavy atom. The van der Waals surface area contributed by atoms with Gasteiger partial charge in [-0.05, 0) is 67.5 Å². The highest BCUT2D eigenvalue weighted by Crippen LogP contribution is 2.42. The molecule has 0 N–H and O–H groups in total. The van der Waals surface area contributed by atoms with Gasteiger partial charge in [-0.15, -0.1) is 0 Å². The maximum atomic E-state index is 12.5. The van der Waals surface area contributed by atoms with Crippen LogP contribution in [-0.2, 0) is 22.7 Å². The lowest BCUT2D eigenvalue weighted by atomic mass is 10.1. The normalized spacial score (nSPS) is 15.1. The number of benzene rings is 2. The monoisotopic (exact) mass is 639 g/mol. The van der Waals surface area contributed by atoms with Gasteiger partial charge < -0.3 is 21.5 Å². The fourth-order valence-electron chi connectivity index (χ4n) is 4.54. The Hall–Kier alpha value is -0.730. The first-order chi connectivity index (χ1) is 17.6. The summed E-state index contributed by atoms with van der Waals surface area (Å²) in [7, 11) is 3.65.